The van der Waals surface area contributed by atoms with Crippen molar-refractivity contribution in [3.8, 4) is 0 Å². The molecule has 2 fully saturated rings. The molecular formula is C9H17NO2. The van der Waals surface area contributed by atoms with E-state index in [1.165, 1.54) is 0 Å². The number of rotatable bonds is 1. The van der Waals surface area contributed by atoms with Crippen molar-refractivity contribution < 1.29 is 9.84 Å². The number of hydrogen-bond donors (Lipinski definition) is 2. The molecule has 2 bridgehead atoms. The van der Waals surface area contributed by atoms with Gasteiger partial charge in [-0.3, -0.25) is 0 Å². The summed E-state index contributed by atoms with van der Waals surface area (Å²) in [6, 6.07) is 0. The van der Waals surface area contributed by atoms with Crippen LogP contribution in [-0.2, 0) is 4.74 Å². The first kappa shape index (κ1) is 8.48. The summed E-state index contributed by atoms with van der Waals surface area (Å²) in [5, 5.41) is 9.78. The van der Waals surface area contributed by atoms with Crippen molar-refractivity contribution in [2.75, 3.05) is 19.8 Å². The molecule has 0 amide bonds. The second kappa shape index (κ2) is 3.32. The Morgan fingerprint density at radius 3 is 2.33 bits per heavy atom. The highest BCUT2D eigenvalue weighted by atomic mass is 16.5. The molecule has 3 heteroatoms. The third-order valence-corrected chi connectivity index (χ3v) is 3.24. The van der Waals surface area contributed by atoms with Crippen molar-refractivity contribution in [2.24, 2.45) is 23.5 Å². The summed E-state index contributed by atoms with van der Waals surface area (Å²) in [4.78, 5) is 0. The maximum atomic E-state index is 9.78. The highest BCUT2D eigenvalue weighted by Gasteiger charge is 2.39. The van der Waals surface area contributed by atoms with E-state index in [1.54, 1.807) is 0 Å². The van der Waals surface area contributed by atoms with Crippen LogP contribution < -0.4 is 5.73 Å². The lowest BCUT2D eigenvalue weighted by Crippen LogP contribution is -2.47. The van der Waals surface area contributed by atoms with Gasteiger partial charge in [0.1, 0.15) is 0 Å². The van der Waals surface area contributed by atoms with Crippen LogP contribution in [-0.4, -0.2) is 31.0 Å². The van der Waals surface area contributed by atoms with Gasteiger partial charge in [-0.15, -0.1) is 0 Å². The fraction of sp³-hybridized carbons (Fsp3) is 1.00. The Labute approximate surface area is 72.9 Å². The highest BCUT2D eigenvalue weighted by Crippen LogP contribution is 2.36. The molecule has 0 aromatic carbocycles. The van der Waals surface area contributed by atoms with Crippen LogP contribution in [0.2, 0.25) is 0 Å². The Hall–Kier alpha value is -0.120. The average Bonchev–Trinajstić information content (AvgIpc) is 2.04. The zero-order valence-electron chi connectivity index (χ0n) is 7.28. The van der Waals surface area contributed by atoms with Gasteiger partial charge in [0.2, 0.25) is 0 Å². The van der Waals surface area contributed by atoms with Gasteiger partial charge in [0.15, 0.2) is 0 Å². The first-order valence-electron chi connectivity index (χ1n) is 4.77. The van der Waals surface area contributed by atoms with Gasteiger partial charge in [-0.05, 0) is 25.3 Å². The molecule has 1 aliphatic heterocycles. The second-order valence-corrected chi connectivity index (χ2v) is 4.12. The first-order chi connectivity index (χ1) is 5.81. The minimum atomic E-state index is -0.124. The molecule has 1 saturated carbocycles. The fourth-order valence-corrected chi connectivity index (χ4v) is 2.51. The van der Waals surface area contributed by atoms with E-state index in [1.807, 2.05) is 0 Å². The smallest absolute Gasteiger partial charge is 0.0640 e. The fourth-order valence-electron chi connectivity index (χ4n) is 2.51. The molecule has 2 aliphatic rings. The molecule has 12 heavy (non-hydrogen) atoms. The Morgan fingerprint density at radius 2 is 1.83 bits per heavy atom. The summed E-state index contributed by atoms with van der Waals surface area (Å²) in [5.74, 6) is 1.32. The van der Waals surface area contributed by atoms with E-state index in [2.05, 4.69) is 0 Å². The van der Waals surface area contributed by atoms with E-state index in [0.29, 0.717) is 17.8 Å². The van der Waals surface area contributed by atoms with Gasteiger partial charge in [-0.1, -0.05) is 0 Å². The highest BCUT2D eigenvalue weighted by molar-refractivity contribution is 4.88. The molecule has 0 aromatic heterocycles. The lowest BCUT2D eigenvalue weighted by Gasteiger charge is -2.42. The SMILES string of the molecule is NCC1CC2COCC(C1)C2O. The second-order valence-electron chi connectivity index (χ2n) is 4.12. The normalized spacial score (nSPS) is 47.5. The van der Waals surface area contributed by atoms with Gasteiger partial charge in [0.25, 0.3) is 0 Å². The van der Waals surface area contributed by atoms with E-state index in [-0.39, 0.29) is 6.10 Å². The molecule has 3 nitrogen and oxygen atoms in total. The van der Waals surface area contributed by atoms with Gasteiger partial charge in [-0.2, -0.15) is 0 Å². The zero-order chi connectivity index (χ0) is 8.55. The average molecular weight is 171 g/mol. The minimum absolute atomic E-state index is 0.124. The molecule has 1 aliphatic carbocycles. The van der Waals surface area contributed by atoms with Gasteiger partial charge < -0.3 is 15.6 Å². The van der Waals surface area contributed by atoms with Crippen LogP contribution >= 0.6 is 0 Å². The maximum Gasteiger partial charge on any atom is 0.0640 e. The molecule has 0 spiro atoms. The predicted molar refractivity (Wildman–Crippen MR) is 45.6 cm³/mol. The topological polar surface area (TPSA) is 55.5 Å². The summed E-state index contributed by atoms with van der Waals surface area (Å²) in [7, 11) is 0. The van der Waals surface area contributed by atoms with Crippen LogP contribution in [0.25, 0.3) is 0 Å². The van der Waals surface area contributed by atoms with Crippen molar-refractivity contribution in [2.45, 2.75) is 18.9 Å². The standard InChI is InChI=1S/C9H17NO2/c10-3-6-1-7-4-12-5-8(2-6)9(7)11/h6-9,11H,1-5,10H2. The summed E-state index contributed by atoms with van der Waals surface area (Å²) in [5.41, 5.74) is 5.63. The molecule has 70 valence electrons. The summed E-state index contributed by atoms with van der Waals surface area (Å²) in [6.07, 6.45) is 1.98. The van der Waals surface area contributed by atoms with Gasteiger partial charge in [0.05, 0.1) is 19.3 Å². The Bertz CT molecular complexity index is 149. The van der Waals surface area contributed by atoms with Crippen LogP contribution in [0.3, 0.4) is 0 Å². The Kier molecular flexibility index (Phi) is 2.35. The third-order valence-electron chi connectivity index (χ3n) is 3.24. The molecule has 2 unspecified atom stereocenters. The summed E-state index contributed by atoms with van der Waals surface area (Å²) in [6.45, 7) is 2.22. The van der Waals surface area contributed by atoms with Gasteiger partial charge in [-0.25, -0.2) is 0 Å². The molecule has 0 radical (unpaired) electrons. The molecule has 1 saturated heterocycles. The lowest BCUT2D eigenvalue weighted by atomic mass is 9.72. The quantitative estimate of drug-likeness (QED) is 0.583. The Morgan fingerprint density at radius 1 is 1.25 bits per heavy atom. The molecule has 2 atom stereocenters. The molecule has 2 rings (SSSR count). The maximum absolute atomic E-state index is 9.78. The predicted octanol–water partition coefficient (Wildman–Crippen LogP) is -0.0214. The Balaban J connectivity index is 2.02. The van der Waals surface area contributed by atoms with Crippen LogP contribution in [0.15, 0.2) is 0 Å². The van der Waals surface area contributed by atoms with Gasteiger partial charge in [0, 0.05) is 11.8 Å². The van der Waals surface area contributed by atoms with Crippen molar-refractivity contribution in [3.05, 3.63) is 0 Å². The van der Waals surface area contributed by atoms with Crippen molar-refractivity contribution in [3.63, 3.8) is 0 Å². The zero-order valence-corrected chi connectivity index (χ0v) is 7.28. The van der Waals surface area contributed by atoms with Gasteiger partial charge >= 0.3 is 0 Å². The van der Waals surface area contributed by atoms with E-state index in [9.17, 15) is 5.11 Å². The lowest BCUT2D eigenvalue weighted by molar-refractivity contribution is -0.114. The molecular weight excluding hydrogens is 154 g/mol. The van der Waals surface area contributed by atoms with E-state index in [0.717, 1.165) is 32.6 Å². The van der Waals surface area contributed by atoms with Crippen molar-refractivity contribution >= 4 is 0 Å². The van der Waals surface area contributed by atoms with Crippen LogP contribution in [0.5, 0.6) is 0 Å². The van der Waals surface area contributed by atoms with E-state index in [4.69, 9.17) is 10.5 Å². The first-order valence-corrected chi connectivity index (χ1v) is 4.77. The number of aliphatic hydroxyl groups excluding tert-OH is 1. The number of hydrogen-bond acceptors (Lipinski definition) is 3. The van der Waals surface area contributed by atoms with Crippen LogP contribution in [0.1, 0.15) is 12.8 Å². The monoisotopic (exact) mass is 171 g/mol. The van der Waals surface area contributed by atoms with Crippen molar-refractivity contribution in [1.29, 1.82) is 0 Å². The van der Waals surface area contributed by atoms with E-state index < -0.39 is 0 Å². The molecule has 0 aromatic rings. The third kappa shape index (κ3) is 1.37. The molecule has 1 heterocycles. The van der Waals surface area contributed by atoms with Crippen LogP contribution in [0.4, 0.5) is 0 Å². The summed E-state index contributed by atoms with van der Waals surface area (Å²) >= 11 is 0. The summed E-state index contributed by atoms with van der Waals surface area (Å²) < 4.78 is 5.40. The number of fused-ring (bicyclic) bond motifs is 2. The minimum Gasteiger partial charge on any atom is -0.392 e. The largest absolute Gasteiger partial charge is 0.392 e. The van der Waals surface area contributed by atoms with E-state index >= 15 is 0 Å². The van der Waals surface area contributed by atoms with Crippen molar-refractivity contribution in [1.82, 2.24) is 0 Å². The molecule has 3 N–H and O–H groups in total. The van der Waals surface area contributed by atoms with Crippen LogP contribution in [0, 0.1) is 17.8 Å². The number of aliphatic hydroxyl groups is 1. The number of nitrogens with two attached hydrogens (primary N) is 1. The number of ether oxygens (including phenoxy) is 1.